The van der Waals surface area contributed by atoms with Crippen LogP contribution in [0.3, 0.4) is 0 Å². The first-order valence-corrected chi connectivity index (χ1v) is 11.9. The first-order chi connectivity index (χ1) is 15.8. The number of hydrogen-bond donors (Lipinski definition) is 1. The molecule has 0 unspecified atom stereocenters. The summed E-state index contributed by atoms with van der Waals surface area (Å²) in [5.41, 5.74) is 4.33. The first kappa shape index (κ1) is 24.6. The molecule has 1 aliphatic rings. The minimum Gasteiger partial charge on any atom is -0.462 e. The molecular weight excluding hydrogens is 442 g/mol. The Morgan fingerprint density at radius 3 is 2.21 bits per heavy atom. The number of urea groups is 1. The fourth-order valence-corrected chi connectivity index (χ4v) is 4.93. The van der Waals surface area contributed by atoms with Crippen LogP contribution in [0.5, 0.6) is 0 Å². The summed E-state index contributed by atoms with van der Waals surface area (Å²) in [5, 5.41) is 3.13. The molecule has 0 spiro atoms. The quantitative estimate of drug-likeness (QED) is 0.627. The Labute approximate surface area is 198 Å². The highest BCUT2D eigenvalue weighted by molar-refractivity contribution is 7.18. The maximum absolute atomic E-state index is 13.0. The molecule has 3 rings (SSSR count). The maximum atomic E-state index is 13.0. The lowest BCUT2D eigenvalue weighted by atomic mass is 10.1. The second-order valence-electron chi connectivity index (χ2n) is 7.82. The smallest absolute Gasteiger partial charge is 0.348 e. The molecule has 0 saturated carbocycles. The van der Waals surface area contributed by atoms with Gasteiger partial charge in [-0.1, -0.05) is 12.1 Å². The van der Waals surface area contributed by atoms with Gasteiger partial charge in [0.05, 0.1) is 18.8 Å². The summed E-state index contributed by atoms with van der Waals surface area (Å²) >= 11 is 1.04. The number of esters is 2. The van der Waals surface area contributed by atoms with Crippen molar-refractivity contribution in [3.05, 3.63) is 45.3 Å². The minimum atomic E-state index is -0.572. The molecule has 1 fully saturated rings. The van der Waals surface area contributed by atoms with Crippen molar-refractivity contribution in [2.24, 2.45) is 0 Å². The molecule has 1 saturated heterocycles. The summed E-state index contributed by atoms with van der Waals surface area (Å²) in [6.07, 6.45) is 0. The van der Waals surface area contributed by atoms with Crippen LogP contribution in [0.2, 0.25) is 0 Å². The first-order valence-electron chi connectivity index (χ1n) is 11.1. The molecule has 2 aromatic rings. The van der Waals surface area contributed by atoms with Crippen LogP contribution in [0.25, 0.3) is 0 Å². The van der Waals surface area contributed by atoms with Crippen LogP contribution in [-0.4, -0.2) is 62.3 Å². The van der Waals surface area contributed by atoms with Crippen molar-refractivity contribution in [2.75, 3.05) is 49.6 Å². The number of aryl methyl sites for hydroxylation is 1. The molecular formula is C24H31N3O5S. The highest BCUT2D eigenvalue weighted by atomic mass is 32.1. The van der Waals surface area contributed by atoms with Gasteiger partial charge in [0.15, 0.2) is 0 Å². The summed E-state index contributed by atoms with van der Waals surface area (Å²) in [4.78, 5) is 42.2. The molecule has 2 amide bonds. The molecule has 1 aromatic carbocycles. The van der Waals surface area contributed by atoms with E-state index >= 15 is 0 Å². The fourth-order valence-electron chi connectivity index (χ4n) is 3.85. The summed E-state index contributed by atoms with van der Waals surface area (Å²) < 4.78 is 10.3. The number of benzene rings is 1. The van der Waals surface area contributed by atoms with Gasteiger partial charge in [-0.2, -0.15) is 0 Å². The third-order valence-electron chi connectivity index (χ3n) is 5.79. The molecule has 0 aliphatic carbocycles. The van der Waals surface area contributed by atoms with Crippen LogP contribution < -0.4 is 10.2 Å². The zero-order valence-electron chi connectivity index (χ0n) is 19.8. The van der Waals surface area contributed by atoms with E-state index in [0.29, 0.717) is 36.7 Å². The fraction of sp³-hybridized carbons (Fsp3) is 0.458. The molecule has 1 N–H and O–H groups in total. The monoisotopic (exact) mass is 473 g/mol. The van der Waals surface area contributed by atoms with Crippen LogP contribution in [0.15, 0.2) is 18.2 Å². The Hall–Kier alpha value is -3.07. The lowest BCUT2D eigenvalue weighted by Crippen LogP contribution is -2.50. The predicted molar refractivity (Wildman–Crippen MR) is 130 cm³/mol. The number of ether oxygens (including phenoxy) is 2. The molecule has 0 radical (unpaired) electrons. The van der Waals surface area contributed by atoms with Gasteiger partial charge in [-0.3, -0.25) is 5.32 Å². The van der Waals surface area contributed by atoms with E-state index in [-0.39, 0.29) is 29.7 Å². The van der Waals surface area contributed by atoms with Crippen molar-refractivity contribution in [1.82, 2.24) is 4.90 Å². The van der Waals surface area contributed by atoms with Crippen molar-refractivity contribution in [3.63, 3.8) is 0 Å². The molecule has 9 heteroatoms. The van der Waals surface area contributed by atoms with E-state index in [9.17, 15) is 14.4 Å². The number of hydrogen-bond acceptors (Lipinski definition) is 7. The number of nitrogens with one attached hydrogen (secondary N) is 1. The second kappa shape index (κ2) is 10.7. The van der Waals surface area contributed by atoms with Gasteiger partial charge in [0.2, 0.25) is 0 Å². The summed E-state index contributed by atoms with van der Waals surface area (Å²) in [6, 6.07) is 5.94. The lowest BCUT2D eigenvalue weighted by molar-refractivity contribution is 0.0527. The molecule has 2 heterocycles. The van der Waals surface area contributed by atoms with Crippen LogP contribution in [-0.2, 0) is 9.47 Å². The Morgan fingerprint density at radius 1 is 0.939 bits per heavy atom. The van der Waals surface area contributed by atoms with Gasteiger partial charge in [-0.25, -0.2) is 14.4 Å². The molecule has 33 heavy (non-hydrogen) atoms. The van der Waals surface area contributed by atoms with Gasteiger partial charge in [0.1, 0.15) is 9.88 Å². The molecule has 178 valence electrons. The summed E-state index contributed by atoms with van der Waals surface area (Å²) in [6.45, 7) is 12.2. The van der Waals surface area contributed by atoms with Gasteiger partial charge in [-0.15, -0.1) is 11.3 Å². The SMILES string of the molecule is CCOC(=O)c1sc(NC(=O)N2CCN(c3cccc(C)c3C)CC2)c(C(=O)OCC)c1C. The second-order valence-corrected chi connectivity index (χ2v) is 8.85. The van der Waals surface area contributed by atoms with Crippen LogP contribution in [0, 0.1) is 20.8 Å². The number of amides is 2. The van der Waals surface area contributed by atoms with Crippen LogP contribution in [0.4, 0.5) is 15.5 Å². The number of anilines is 2. The van der Waals surface area contributed by atoms with Crippen molar-refractivity contribution >= 4 is 40.0 Å². The van der Waals surface area contributed by atoms with Crippen LogP contribution in [0.1, 0.15) is 50.6 Å². The Kier molecular flexibility index (Phi) is 7.97. The number of carbonyl (C=O) groups is 3. The number of carbonyl (C=O) groups excluding carboxylic acids is 3. The molecule has 1 aliphatic heterocycles. The molecule has 8 nitrogen and oxygen atoms in total. The van der Waals surface area contributed by atoms with E-state index in [2.05, 4.69) is 36.2 Å². The van der Waals surface area contributed by atoms with Gasteiger partial charge in [0, 0.05) is 31.9 Å². The predicted octanol–water partition coefficient (Wildman–Crippen LogP) is 4.38. The zero-order chi connectivity index (χ0) is 24.1. The average molecular weight is 474 g/mol. The number of nitrogens with zero attached hydrogens (tertiary/aromatic N) is 2. The van der Waals surface area contributed by atoms with E-state index < -0.39 is 11.9 Å². The minimum absolute atomic E-state index is 0.191. The van der Waals surface area contributed by atoms with E-state index in [4.69, 9.17) is 9.47 Å². The Morgan fingerprint density at radius 2 is 1.58 bits per heavy atom. The maximum Gasteiger partial charge on any atom is 0.348 e. The van der Waals surface area contributed by atoms with E-state index in [1.807, 2.05) is 6.07 Å². The average Bonchev–Trinajstić information content (AvgIpc) is 3.12. The van der Waals surface area contributed by atoms with E-state index in [1.54, 1.807) is 25.7 Å². The van der Waals surface area contributed by atoms with E-state index in [0.717, 1.165) is 11.3 Å². The number of piperazine rings is 1. The van der Waals surface area contributed by atoms with Crippen molar-refractivity contribution in [2.45, 2.75) is 34.6 Å². The third kappa shape index (κ3) is 5.30. The molecule has 0 atom stereocenters. The van der Waals surface area contributed by atoms with Gasteiger partial charge in [0.25, 0.3) is 0 Å². The van der Waals surface area contributed by atoms with Crippen LogP contribution >= 0.6 is 11.3 Å². The standard InChI is InChI=1S/C24H31N3O5S/c1-6-31-22(28)19-17(5)20(23(29)32-7-2)33-21(19)25-24(30)27-13-11-26(12-14-27)18-10-8-9-15(3)16(18)4/h8-10H,6-7,11-14H2,1-5H3,(H,25,30). The largest absolute Gasteiger partial charge is 0.462 e. The topological polar surface area (TPSA) is 88.2 Å². The number of thiophene rings is 1. The van der Waals surface area contributed by atoms with Gasteiger partial charge in [-0.05, 0) is 57.4 Å². The van der Waals surface area contributed by atoms with Gasteiger partial charge < -0.3 is 19.3 Å². The third-order valence-corrected chi connectivity index (χ3v) is 6.98. The Bertz CT molecular complexity index is 1040. The molecule has 1 aromatic heterocycles. The van der Waals surface area contributed by atoms with Gasteiger partial charge >= 0.3 is 18.0 Å². The Balaban J connectivity index is 1.74. The highest BCUT2D eigenvalue weighted by Crippen LogP contribution is 2.34. The number of rotatable bonds is 6. The molecule has 0 bridgehead atoms. The summed E-state index contributed by atoms with van der Waals surface area (Å²) in [5.74, 6) is -1.09. The normalized spacial score (nSPS) is 13.6. The van der Waals surface area contributed by atoms with Crippen molar-refractivity contribution in [1.29, 1.82) is 0 Å². The highest BCUT2D eigenvalue weighted by Gasteiger charge is 2.29. The van der Waals surface area contributed by atoms with E-state index in [1.165, 1.54) is 16.8 Å². The van der Waals surface area contributed by atoms with Crippen molar-refractivity contribution < 1.29 is 23.9 Å². The summed E-state index contributed by atoms with van der Waals surface area (Å²) in [7, 11) is 0. The van der Waals surface area contributed by atoms with Crippen molar-refractivity contribution in [3.8, 4) is 0 Å². The lowest BCUT2D eigenvalue weighted by Gasteiger charge is -2.37. The zero-order valence-corrected chi connectivity index (χ0v) is 20.6.